The molecule has 0 radical (unpaired) electrons. The van der Waals surface area contributed by atoms with Crippen LogP contribution in [0.4, 0.5) is 0 Å². The van der Waals surface area contributed by atoms with Crippen molar-refractivity contribution in [2.45, 2.75) is 25.2 Å². The Morgan fingerprint density at radius 2 is 2.00 bits per heavy atom. The van der Waals surface area contributed by atoms with Crippen LogP contribution in [0.15, 0.2) is 24.3 Å². The average molecular weight is 220 g/mol. The van der Waals surface area contributed by atoms with Crippen LogP contribution in [0, 0.1) is 0 Å². The molecule has 0 amide bonds. The fourth-order valence-corrected chi connectivity index (χ4v) is 2.40. The van der Waals surface area contributed by atoms with Gasteiger partial charge in [0.2, 0.25) is 0 Å². The zero-order valence-electron chi connectivity index (χ0n) is 9.35. The van der Waals surface area contributed by atoms with Crippen LogP contribution < -0.4 is 0 Å². The topological polar surface area (TPSA) is 46.5 Å². The SMILES string of the molecule is CC(=O)OC[C@H]1C[C@@H](CO)c2ccccc21. The normalized spacial score (nSPS) is 22.9. The van der Waals surface area contributed by atoms with Crippen LogP contribution in [-0.2, 0) is 9.53 Å². The van der Waals surface area contributed by atoms with Crippen molar-refractivity contribution in [1.82, 2.24) is 0 Å². The molecule has 3 heteroatoms. The number of rotatable bonds is 3. The second kappa shape index (κ2) is 4.66. The first-order chi connectivity index (χ1) is 7.72. The van der Waals surface area contributed by atoms with Gasteiger partial charge in [-0.1, -0.05) is 24.3 Å². The van der Waals surface area contributed by atoms with Gasteiger partial charge in [-0.15, -0.1) is 0 Å². The Morgan fingerprint density at radius 1 is 1.38 bits per heavy atom. The molecule has 1 N–H and O–H groups in total. The van der Waals surface area contributed by atoms with Crippen molar-refractivity contribution in [3.63, 3.8) is 0 Å². The van der Waals surface area contributed by atoms with Gasteiger partial charge < -0.3 is 9.84 Å². The molecule has 1 aromatic carbocycles. The van der Waals surface area contributed by atoms with Crippen molar-refractivity contribution in [1.29, 1.82) is 0 Å². The number of benzene rings is 1. The largest absolute Gasteiger partial charge is 0.465 e. The molecule has 86 valence electrons. The van der Waals surface area contributed by atoms with Crippen LogP contribution in [0.2, 0.25) is 0 Å². The zero-order chi connectivity index (χ0) is 11.5. The summed E-state index contributed by atoms with van der Waals surface area (Å²) >= 11 is 0. The van der Waals surface area contributed by atoms with E-state index >= 15 is 0 Å². The molecule has 0 aliphatic heterocycles. The molecule has 0 unspecified atom stereocenters. The van der Waals surface area contributed by atoms with Gasteiger partial charge in [0, 0.05) is 25.4 Å². The van der Waals surface area contributed by atoms with Gasteiger partial charge in [0.1, 0.15) is 0 Å². The maximum atomic E-state index is 10.8. The summed E-state index contributed by atoms with van der Waals surface area (Å²) in [6.07, 6.45) is 0.864. The first-order valence-corrected chi connectivity index (χ1v) is 5.55. The molecule has 1 aliphatic rings. The first kappa shape index (κ1) is 11.1. The lowest BCUT2D eigenvalue weighted by atomic mass is 10.0. The highest BCUT2D eigenvalue weighted by atomic mass is 16.5. The smallest absolute Gasteiger partial charge is 0.302 e. The van der Waals surface area contributed by atoms with Gasteiger partial charge in [0.25, 0.3) is 0 Å². The minimum atomic E-state index is -0.245. The summed E-state index contributed by atoms with van der Waals surface area (Å²) in [6.45, 7) is 2.00. The minimum absolute atomic E-state index is 0.160. The van der Waals surface area contributed by atoms with Crippen LogP contribution in [-0.4, -0.2) is 24.3 Å². The molecule has 16 heavy (non-hydrogen) atoms. The third-order valence-corrected chi connectivity index (χ3v) is 3.15. The number of fused-ring (bicyclic) bond motifs is 1. The lowest BCUT2D eigenvalue weighted by Gasteiger charge is -2.10. The molecule has 0 bridgehead atoms. The van der Waals surface area contributed by atoms with Crippen molar-refractivity contribution >= 4 is 5.97 Å². The summed E-state index contributed by atoms with van der Waals surface area (Å²) < 4.78 is 5.05. The molecule has 0 saturated heterocycles. The summed E-state index contributed by atoms with van der Waals surface area (Å²) in [4.78, 5) is 10.8. The second-order valence-electron chi connectivity index (χ2n) is 4.24. The fourth-order valence-electron chi connectivity index (χ4n) is 2.40. The molecule has 2 atom stereocenters. The molecular formula is C13H16O3. The number of carbonyl (C=O) groups excluding carboxylic acids is 1. The van der Waals surface area contributed by atoms with Crippen molar-refractivity contribution in [2.24, 2.45) is 0 Å². The third-order valence-electron chi connectivity index (χ3n) is 3.15. The van der Waals surface area contributed by atoms with E-state index in [1.54, 1.807) is 0 Å². The molecule has 0 spiro atoms. The lowest BCUT2D eigenvalue weighted by Crippen LogP contribution is -2.08. The summed E-state index contributed by atoms with van der Waals surface area (Å²) in [5, 5.41) is 9.30. The zero-order valence-corrected chi connectivity index (χ0v) is 9.35. The second-order valence-corrected chi connectivity index (χ2v) is 4.24. The van der Waals surface area contributed by atoms with Crippen molar-refractivity contribution in [2.75, 3.05) is 13.2 Å². The van der Waals surface area contributed by atoms with E-state index in [0.29, 0.717) is 6.61 Å². The Bertz CT molecular complexity index is 387. The maximum absolute atomic E-state index is 10.8. The highest BCUT2D eigenvalue weighted by Crippen LogP contribution is 2.41. The molecule has 1 aromatic rings. The molecular weight excluding hydrogens is 204 g/mol. The van der Waals surface area contributed by atoms with E-state index in [-0.39, 0.29) is 24.4 Å². The van der Waals surface area contributed by atoms with E-state index < -0.39 is 0 Å². The van der Waals surface area contributed by atoms with Gasteiger partial charge in [0.15, 0.2) is 0 Å². The van der Waals surface area contributed by atoms with Gasteiger partial charge in [-0.25, -0.2) is 0 Å². The number of hydrogen-bond acceptors (Lipinski definition) is 3. The summed E-state index contributed by atoms with van der Waals surface area (Å²) in [6, 6.07) is 8.07. The molecule has 1 aliphatic carbocycles. The number of esters is 1. The first-order valence-electron chi connectivity index (χ1n) is 5.55. The molecule has 0 heterocycles. The van der Waals surface area contributed by atoms with Crippen LogP contribution in [0.1, 0.15) is 36.3 Å². The minimum Gasteiger partial charge on any atom is -0.465 e. The van der Waals surface area contributed by atoms with Gasteiger partial charge in [-0.2, -0.15) is 0 Å². The monoisotopic (exact) mass is 220 g/mol. The Hall–Kier alpha value is -1.35. The van der Waals surface area contributed by atoms with Crippen molar-refractivity contribution in [3.8, 4) is 0 Å². The van der Waals surface area contributed by atoms with Gasteiger partial charge >= 0.3 is 5.97 Å². The van der Waals surface area contributed by atoms with Gasteiger partial charge in [0.05, 0.1) is 6.61 Å². The highest BCUT2D eigenvalue weighted by molar-refractivity contribution is 5.66. The van der Waals surface area contributed by atoms with Gasteiger partial charge in [-0.05, 0) is 17.5 Å². The molecule has 0 aromatic heterocycles. The fraction of sp³-hybridized carbons (Fsp3) is 0.462. The Morgan fingerprint density at radius 3 is 2.56 bits per heavy atom. The van der Waals surface area contributed by atoms with Crippen LogP contribution in [0.25, 0.3) is 0 Å². The van der Waals surface area contributed by atoms with E-state index in [1.165, 1.54) is 18.1 Å². The number of ether oxygens (including phenoxy) is 1. The average Bonchev–Trinajstić information content (AvgIpc) is 2.65. The Labute approximate surface area is 95.0 Å². The van der Waals surface area contributed by atoms with E-state index in [2.05, 4.69) is 6.07 Å². The molecule has 2 rings (SSSR count). The quantitative estimate of drug-likeness (QED) is 0.790. The highest BCUT2D eigenvalue weighted by Gasteiger charge is 2.30. The predicted molar refractivity (Wildman–Crippen MR) is 60.3 cm³/mol. The number of carbonyl (C=O) groups is 1. The predicted octanol–water partition coefficient (Wildman–Crippen LogP) is 1.81. The molecule has 0 fully saturated rings. The Balaban J connectivity index is 2.15. The van der Waals surface area contributed by atoms with E-state index in [0.717, 1.165) is 6.42 Å². The summed E-state index contributed by atoms with van der Waals surface area (Å²) in [5.41, 5.74) is 2.41. The maximum Gasteiger partial charge on any atom is 0.302 e. The number of hydrogen-bond donors (Lipinski definition) is 1. The third kappa shape index (κ3) is 2.09. The van der Waals surface area contributed by atoms with E-state index in [1.807, 2.05) is 18.2 Å². The summed E-state index contributed by atoms with van der Waals surface area (Å²) in [5.74, 6) is 0.180. The Kier molecular flexibility index (Phi) is 3.25. The molecule has 3 nitrogen and oxygen atoms in total. The van der Waals surface area contributed by atoms with Gasteiger partial charge in [-0.3, -0.25) is 4.79 Å². The lowest BCUT2D eigenvalue weighted by molar-refractivity contribution is -0.141. The summed E-state index contributed by atoms with van der Waals surface area (Å²) in [7, 11) is 0. The molecule has 0 saturated carbocycles. The van der Waals surface area contributed by atoms with E-state index in [4.69, 9.17) is 4.74 Å². The number of aliphatic hydroxyl groups is 1. The van der Waals surface area contributed by atoms with Crippen LogP contribution in [0.5, 0.6) is 0 Å². The van der Waals surface area contributed by atoms with Crippen molar-refractivity contribution < 1.29 is 14.6 Å². The standard InChI is InChI=1S/C13H16O3/c1-9(15)16-8-11-6-10(7-14)12-4-2-3-5-13(11)12/h2-5,10-11,14H,6-8H2,1H3/t10-,11+/m0/s1. The van der Waals surface area contributed by atoms with Crippen LogP contribution in [0.3, 0.4) is 0 Å². The number of aliphatic hydroxyl groups excluding tert-OH is 1. The van der Waals surface area contributed by atoms with Crippen molar-refractivity contribution in [3.05, 3.63) is 35.4 Å². The van der Waals surface area contributed by atoms with E-state index in [9.17, 15) is 9.90 Å². The van der Waals surface area contributed by atoms with Crippen LogP contribution >= 0.6 is 0 Å².